The van der Waals surface area contributed by atoms with Gasteiger partial charge < -0.3 is 4.42 Å². The van der Waals surface area contributed by atoms with Gasteiger partial charge in [0, 0.05) is 18.0 Å². The highest BCUT2D eigenvalue weighted by molar-refractivity contribution is 5.52. The number of nitrogens with one attached hydrogen (secondary N) is 2. The smallest absolute Gasteiger partial charge is 0.340 e. The normalized spacial score (nSPS) is 18.8. The molecule has 1 unspecified atom stereocenters. The van der Waals surface area contributed by atoms with E-state index in [0.29, 0.717) is 12.4 Å². The molecule has 24 heavy (non-hydrogen) atoms. The number of aromatic nitrogens is 4. The van der Waals surface area contributed by atoms with Crippen molar-refractivity contribution in [3.8, 4) is 11.5 Å². The lowest BCUT2D eigenvalue weighted by Crippen LogP contribution is -2.34. The van der Waals surface area contributed by atoms with Gasteiger partial charge in [-0.05, 0) is 31.5 Å². The molecule has 0 saturated carbocycles. The molecule has 0 spiro atoms. The Morgan fingerprint density at radius 3 is 2.96 bits per heavy atom. The van der Waals surface area contributed by atoms with Gasteiger partial charge in [0.25, 0.3) is 0 Å². The summed E-state index contributed by atoms with van der Waals surface area (Å²) in [6.07, 6.45) is 3.89. The number of likely N-dealkylation sites (tertiary alicyclic amines) is 1. The van der Waals surface area contributed by atoms with Crippen molar-refractivity contribution in [3.63, 3.8) is 0 Å². The molecule has 7 heteroatoms. The van der Waals surface area contributed by atoms with Crippen LogP contribution in [0.15, 0.2) is 45.7 Å². The average Bonchev–Trinajstić information content (AvgIpc) is 3.25. The largest absolute Gasteiger partial charge is 0.440 e. The molecule has 7 nitrogen and oxygen atoms in total. The second-order valence-corrected chi connectivity index (χ2v) is 6.13. The van der Waals surface area contributed by atoms with E-state index in [2.05, 4.69) is 25.1 Å². The number of piperidine rings is 1. The molecule has 1 aromatic carbocycles. The standard InChI is InChI=1S/C17H19N5O2/c23-17-19-15(20-21-17)13-7-4-8-22(10-13)11-14-9-18-16(24-14)12-5-2-1-3-6-12/h1-3,5-6,9,13H,4,7-8,10-11H2,(H2,19,20,21,23). The summed E-state index contributed by atoms with van der Waals surface area (Å²) in [5, 5.41) is 6.51. The zero-order chi connectivity index (χ0) is 16.4. The third-order valence-corrected chi connectivity index (χ3v) is 4.37. The van der Waals surface area contributed by atoms with Crippen molar-refractivity contribution in [3.05, 3.63) is 58.6 Å². The fourth-order valence-corrected chi connectivity index (χ4v) is 3.21. The molecule has 0 amide bonds. The second kappa shape index (κ2) is 6.45. The Labute approximate surface area is 138 Å². The van der Waals surface area contributed by atoms with E-state index in [4.69, 9.17) is 4.42 Å². The maximum absolute atomic E-state index is 11.2. The lowest BCUT2D eigenvalue weighted by molar-refractivity contribution is 0.184. The molecule has 3 heterocycles. The summed E-state index contributed by atoms with van der Waals surface area (Å²) in [5.74, 6) is 2.49. The lowest BCUT2D eigenvalue weighted by Gasteiger charge is -2.30. The molecular weight excluding hydrogens is 306 g/mol. The van der Waals surface area contributed by atoms with Gasteiger partial charge in [0.2, 0.25) is 5.89 Å². The van der Waals surface area contributed by atoms with Crippen molar-refractivity contribution in [1.29, 1.82) is 0 Å². The van der Waals surface area contributed by atoms with Crippen LogP contribution < -0.4 is 5.69 Å². The number of hydrogen-bond donors (Lipinski definition) is 2. The molecule has 4 rings (SSSR count). The van der Waals surface area contributed by atoms with Gasteiger partial charge in [0.05, 0.1) is 12.7 Å². The minimum absolute atomic E-state index is 0.245. The third kappa shape index (κ3) is 3.16. The van der Waals surface area contributed by atoms with Crippen LogP contribution in [0.25, 0.3) is 11.5 Å². The van der Waals surface area contributed by atoms with Crippen LogP contribution in [-0.4, -0.2) is 38.2 Å². The molecule has 3 aromatic rings. The van der Waals surface area contributed by atoms with Crippen molar-refractivity contribution in [1.82, 2.24) is 25.1 Å². The number of H-pyrrole nitrogens is 2. The van der Waals surface area contributed by atoms with E-state index in [9.17, 15) is 4.79 Å². The van der Waals surface area contributed by atoms with E-state index >= 15 is 0 Å². The van der Waals surface area contributed by atoms with Crippen LogP contribution in [0, 0.1) is 0 Å². The SMILES string of the molecule is O=c1[nH]nc(C2CCCN(Cc3cnc(-c4ccccc4)o3)C2)[nH]1. The van der Waals surface area contributed by atoms with Crippen molar-refractivity contribution < 1.29 is 4.42 Å². The van der Waals surface area contributed by atoms with Crippen molar-refractivity contribution in [2.24, 2.45) is 0 Å². The first-order chi connectivity index (χ1) is 11.8. The summed E-state index contributed by atoms with van der Waals surface area (Å²) in [5.41, 5.74) is 0.735. The van der Waals surface area contributed by atoms with Crippen LogP contribution in [0.5, 0.6) is 0 Å². The minimum atomic E-state index is -0.245. The Bertz CT molecular complexity index is 851. The summed E-state index contributed by atoms with van der Waals surface area (Å²) in [4.78, 5) is 20.7. The van der Waals surface area contributed by atoms with Crippen molar-refractivity contribution >= 4 is 0 Å². The van der Waals surface area contributed by atoms with Crippen molar-refractivity contribution in [2.75, 3.05) is 13.1 Å². The van der Waals surface area contributed by atoms with E-state index in [1.54, 1.807) is 6.20 Å². The van der Waals surface area contributed by atoms with Gasteiger partial charge in [-0.25, -0.2) is 14.9 Å². The van der Waals surface area contributed by atoms with Crippen LogP contribution in [0.4, 0.5) is 0 Å². The Balaban J connectivity index is 1.44. The number of rotatable bonds is 4. The summed E-state index contributed by atoms with van der Waals surface area (Å²) < 4.78 is 5.89. The van der Waals surface area contributed by atoms with Gasteiger partial charge in [-0.2, -0.15) is 5.10 Å². The first kappa shape index (κ1) is 14.9. The van der Waals surface area contributed by atoms with Crippen LogP contribution >= 0.6 is 0 Å². The van der Waals surface area contributed by atoms with Gasteiger partial charge in [-0.3, -0.25) is 9.88 Å². The number of benzene rings is 1. The highest BCUT2D eigenvalue weighted by atomic mass is 16.4. The Hall–Kier alpha value is -2.67. The molecule has 1 saturated heterocycles. The minimum Gasteiger partial charge on any atom is -0.440 e. The predicted molar refractivity (Wildman–Crippen MR) is 88.4 cm³/mol. The molecule has 0 radical (unpaired) electrons. The Morgan fingerprint density at radius 2 is 2.17 bits per heavy atom. The van der Waals surface area contributed by atoms with Gasteiger partial charge in [0.15, 0.2) is 0 Å². The maximum atomic E-state index is 11.2. The van der Waals surface area contributed by atoms with E-state index in [-0.39, 0.29) is 11.6 Å². The van der Waals surface area contributed by atoms with Gasteiger partial charge in [-0.15, -0.1) is 0 Å². The molecule has 1 aliphatic rings. The van der Waals surface area contributed by atoms with E-state index < -0.39 is 0 Å². The summed E-state index contributed by atoms with van der Waals surface area (Å²) in [6.45, 7) is 2.57. The Morgan fingerprint density at radius 1 is 1.29 bits per heavy atom. The molecular formula is C17H19N5O2. The van der Waals surface area contributed by atoms with Gasteiger partial charge in [-0.1, -0.05) is 18.2 Å². The van der Waals surface area contributed by atoms with E-state index in [1.165, 1.54) is 0 Å². The molecule has 2 aromatic heterocycles. The summed E-state index contributed by atoms with van der Waals surface area (Å²) in [7, 11) is 0. The molecule has 1 atom stereocenters. The second-order valence-electron chi connectivity index (χ2n) is 6.13. The number of hydrogen-bond acceptors (Lipinski definition) is 5. The van der Waals surface area contributed by atoms with Crippen LogP contribution in [0.1, 0.15) is 30.3 Å². The lowest BCUT2D eigenvalue weighted by atomic mass is 9.97. The number of aromatic amines is 2. The summed E-state index contributed by atoms with van der Waals surface area (Å²) >= 11 is 0. The maximum Gasteiger partial charge on any atom is 0.340 e. The zero-order valence-electron chi connectivity index (χ0n) is 13.2. The highest BCUT2D eigenvalue weighted by Crippen LogP contribution is 2.26. The van der Waals surface area contributed by atoms with Gasteiger partial charge >= 0.3 is 5.69 Å². The van der Waals surface area contributed by atoms with Crippen molar-refractivity contribution in [2.45, 2.75) is 25.3 Å². The van der Waals surface area contributed by atoms with Gasteiger partial charge in [0.1, 0.15) is 11.6 Å². The van der Waals surface area contributed by atoms with Crippen LogP contribution in [0.3, 0.4) is 0 Å². The average molecular weight is 325 g/mol. The zero-order valence-corrected chi connectivity index (χ0v) is 13.2. The number of oxazole rings is 1. The molecule has 1 fully saturated rings. The molecule has 2 N–H and O–H groups in total. The quantitative estimate of drug-likeness (QED) is 0.767. The molecule has 124 valence electrons. The van der Waals surface area contributed by atoms with E-state index in [1.807, 2.05) is 30.3 Å². The molecule has 0 bridgehead atoms. The first-order valence-electron chi connectivity index (χ1n) is 8.15. The fourth-order valence-electron chi connectivity index (χ4n) is 3.21. The van der Waals surface area contributed by atoms with Crippen LogP contribution in [-0.2, 0) is 6.54 Å². The van der Waals surface area contributed by atoms with Crippen LogP contribution in [0.2, 0.25) is 0 Å². The molecule has 1 aliphatic heterocycles. The number of nitrogens with zero attached hydrogens (tertiary/aromatic N) is 3. The topological polar surface area (TPSA) is 90.8 Å². The highest BCUT2D eigenvalue weighted by Gasteiger charge is 2.24. The first-order valence-corrected chi connectivity index (χ1v) is 8.15. The Kier molecular flexibility index (Phi) is 4.00. The fraction of sp³-hybridized carbons (Fsp3) is 0.353. The predicted octanol–water partition coefficient (Wildman–Crippen LogP) is 2.13. The van der Waals surface area contributed by atoms with E-state index in [0.717, 1.165) is 43.1 Å². The summed E-state index contributed by atoms with van der Waals surface area (Å²) in [6, 6.07) is 9.89. The molecule has 0 aliphatic carbocycles. The monoisotopic (exact) mass is 325 g/mol. The third-order valence-electron chi connectivity index (χ3n) is 4.37.